The van der Waals surface area contributed by atoms with Crippen molar-refractivity contribution in [2.24, 2.45) is 5.92 Å². The fourth-order valence-corrected chi connectivity index (χ4v) is 2.82. The summed E-state index contributed by atoms with van der Waals surface area (Å²) in [6.07, 6.45) is 0. The number of nitrogens with one attached hydrogen (secondary N) is 2. The van der Waals surface area contributed by atoms with Gasteiger partial charge in [-0.2, -0.15) is 0 Å². The molecule has 10 heteroatoms. The molecule has 0 aliphatic carbocycles. The highest BCUT2D eigenvalue weighted by molar-refractivity contribution is 6.36. The van der Waals surface area contributed by atoms with Crippen molar-refractivity contribution in [1.82, 2.24) is 10.6 Å². The highest BCUT2D eigenvalue weighted by atomic mass is 35.5. The molecular formula is C19H24Cl2N2O6. The molecule has 1 aromatic rings. The van der Waals surface area contributed by atoms with Crippen molar-refractivity contribution in [3.63, 3.8) is 0 Å². The van der Waals surface area contributed by atoms with Gasteiger partial charge in [0, 0.05) is 5.02 Å². The average Bonchev–Trinajstić information content (AvgIpc) is 2.63. The Bertz CT molecular complexity index is 751. The number of halogens is 2. The maximum atomic E-state index is 12.7. The van der Waals surface area contributed by atoms with E-state index >= 15 is 0 Å². The summed E-state index contributed by atoms with van der Waals surface area (Å²) in [6.45, 7) is 6.55. The summed E-state index contributed by atoms with van der Waals surface area (Å²) in [6, 6.07) is 1.62. The quantitative estimate of drug-likeness (QED) is 0.444. The second-order valence-corrected chi connectivity index (χ2v) is 7.11. The van der Waals surface area contributed by atoms with Gasteiger partial charge in [-0.25, -0.2) is 9.59 Å². The molecule has 0 saturated carbocycles. The SMILES string of the molecule is CCOC(=O)C(NC(=O)[C@@H](NC(=O)c1ccc(Cl)cc1Cl)C(C)C)C(=O)OCC. The second-order valence-electron chi connectivity index (χ2n) is 6.27. The first-order valence-corrected chi connectivity index (χ1v) is 9.77. The molecule has 0 radical (unpaired) electrons. The first kappa shape index (κ1) is 24.7. The molecule has 0 aliphatic heterocycles. The zero-order valence-corrected chi connectivity index (χ0v) is 18.1. The number of ether oxygens (including phenoxy) is 2. The molecule has 2 N–H and O–H groups in total. The normalized spacial score (nSPS) is 11.7. The molecule has 8 nitrogen and oxygen atoms in total. The Morgan fingerprint density at radius 2 is 1.52 bits per heavy atom. The molecule has 0 heterocycles. The molecule has 0 bridgehead atoms. The summed E-state index contributed by atoms with van der Waals surface area (Å²) in [4.78, 5) is 49.4. The predicted octanol–water partition coefficient (Wildman–Crippen LogP) is 2.36. The fourth-order valence-electron chi connectivity index (χ4n) is 2.32. The van der Waals surface area contributed by atoms with E-state index in [1.807, 2.05) is 0 Å². The third-order valence-electron chi connectivity index (χ3n) is 3.74. The molecule has 0 fully saturated rings. The summed E-state index contributed by atoms with van der Waals surface area (Å²) in [5, 5.41) is 5.33. The highest BCUT2D eigenvalue weighted by Crippen LogP contribution is 2.21. The van der Waals surface area contributed by atoms with Gasteiger partial charge in [0.25, 0.3) is 5.91 Å². The van der Waals surface area contributed by atoms with Gasteiger partial charge in [-0.05, 0) is 38.0 Å². The Kier molecular flexibility index (Phi) is 9.91. The van der Waals surface area contributed by atoms with Crippen LogP contribution in [-0.2, 0) is 23.9 Å². The van der Waals surface area contributed by atoms with Crippen LogP contribution in [0.5, 0.6) is 0 Å². The van der Waals surface area contributed by atoms with Crippen LogP contribution in [0.4, 0.5) is 0 Å². The van der Waals surface area contributed by atoms with Crippen LogP contribution in [0.15, 0.2) is 18.2 Å². The van der Waals surface area contributed by atoms with E-state index in [1.54, 1.807) is 27.7 Å². The van der Waals surface area contributed by atoms with Crippen LogP contribution in [0.25, 0.3) is 0 Å². The minimum atomic E-state index is -1.64. The first-order chi connectivity index (χ1) is 13.6. The third kappa shape index (κ3) is 7.21. The van der Waals surface area contributed by atoms with Crippen LogP contribution in [0.1, 0.15) is 38.1 Å². The van der Waals surface area contributed by atoms with Crippen molar-refractivity contribution in [2.75, 3.05) is 13.2 Å². The summed E-state index contributed by atoms with van der Waals surface area (Å²) in [5.74, 6) is -3.62. The van der Waals surface area contributed by atoms with Crippen LogP contribution >= 0.6 is 23.2 Å². The van der Waals surface area contributed by atoms with Gasteiger partial charge in [0.05, 0.1) is 23.8 Å². The highest BCUT2D eigenvalue weighted by Gasteiger charge is 2.35. The Balaban J connectivity index is 3.00. The van der Waals surface area contributed by atoms with Crippen molar-refractivity contribution in [2.45, 2.75) is 39.8 Å². The molecular weight excluding hydrogens is 423 g/mol. The van der Waals surface area contributed by atoms with Gasteiger partial charge < -0.3 is 20.1 Å². The summed E-state index contributed by atoms with van der Waals surface area (Å²) in [5.41, 5.74) is 0.127. The van der Waals surface area contributed by atoms with Crippen molar-refractivity contribution >= 4 is 47.0 Å². The number of hydrogen-bond acceptors (Lipinski definition) is 6. The minimum Gasteiger partial charge on any atom is -0.464 e. The van der Waals surface area contributed by atoms with E-state index in [0.29, 0.717) is 5.02 Å². The molecule has 1 atom stereocenters. The standard InChI is InChI=1S/C19H24Cl2N2O6/c1-5-28-18(26)15(19(27)29-6-2)23-17(25)14(10(3)4)22-16(24)12-8-7-11(20)9-13(12)21/h7-10,14-15H,5-6H2,1-4H3,(H,22,24)(H,23,25)/t14-/m0/s1. The van der Waals surface area contributed by atoms with Crippen LogP contribution in [0.3, 0.4) is 0 Å². The third-order valence-corrected chi connectivity index (χ3v) is 4.29. The summed E-state index contributed by atoms with van der Waals surface area (Å²) in [7, 11) is 0. The van der Waals surface area contributed by atoms with Crippen LogP contribution in [0, 0.1) is 5.92 Å². The Morgan fingerprint density at radius 3 is 1.97 bits per heavy atom. The van der Waals surface area contributed by atoms with E-state index in [1.165, 1.54) is 18.2 Å². The lowest BCUT2D eigenvalue weighted by molar-refractivity contribution is -0.159. The van der Waals surface area contributed by atoms with E-state index in [4.69, 9.17) is 32.7 Å². The van der Waals surface area contributed by atoms with Gasteiger partial charge in [0.1, 0.15) is 6.04 Å². The molecule has 2 amide bonds. The number of benzene rings is 1. The molecule has 0 spiro atoms. The molecule has 1 aromatic carbocycles. The summed E-state index contributed by atoms with van der Waals surface area (Å²) >= 11 is 11.9. The number of carbonyl (C=O) groups is 4. The lowest BCUT2D eigenvalue weighted by Crippen LogP contribution is -2.56. The van der Waals surface area contributed by atoms with E-state index in [-0.39, 0.29) is 29.7 Å². The van der Waals surface area contributed by atoms with E-state index in [9.17, 15) is 19.2 Å². The number of esters is 2. The Labute approximate surface area is 179 Å². The van der Waals surface area contributed by atoms with Crippen molar-refractivity contribution in [1.29, 1.82) is 0 Å². The van der Waals surface area contributed by atoms with Gasteiger partial charge >= 0.3 is 11.9 Å². The first-order valence-electron chi connectivity index (χ1n) is 9.01. The molecule has 0 unspecified atom stereocenters. The van der Waals surface area contributed by atoms with Crippen molar-refractivity contribution in [3.05, 3.63) is 33.8 Å². The molecule has 1 rings (SSSR count). The maximum Gasteiger partial charge on any atom is 0.340 e. The number of carbonyl (C=O) groups excluding carboxylic acids is 4. The topological polar surface area (TPSA) is 111 Å². The van der Waals surface area contributed by atoms with Gasteiger partial charge in [0.2, 0.25) is 11.9 Å². The van der Waals surface area contributed by atoms with Crippen LogP contribution in [0.2, 0.25) is 10.0 Å². The Morgan fingerprint density at radius 1 is 0.966 bits per heavy atom. The molecule has 160 valence electrons. The van der Waals surface area contributed by atoms with E-state index < -0.39 is 35.8 Å². The Hall–Kier alpha value is -2.32. The molecule has 29 heavy (non-hydrogen) atoms. The molecule has 0 saturated heterocycles. The zero-order chi connectivity index (χ0) is 22.1. The van der Waals surface area contributed by atoms with Crippen molar-refractivity contribution in [3.8, 4) is 0 Å². The van der Waals surface area contributed by atoms with Gasteiger partial charge in [-0.15, -0.1) is 0 Å². The lowest BCUT2D eigenvalue weighted by Gasteiger charge is -2.24. The zero-order valence-electron chi connectivity index (χ0n) is 16.6. The average molecular weight is 447 g/mol. The molecule has 0 aliphatic rings. The number of hydrogen-bond donors (Lipinski definition) is 2. The van der Waals surface area contributed by atoms with E-state index in [2.05, 4.69) is 10.6 Å². The largest absolute Gasteiger partial charge is 0.464 e. The van der Waals surface area contributed by atoms with Gasteiger partial charge in [-0.3, -0.25) is 9.59 Å². The maximum absolute atomic E-state index is 12.7. The van der Waals surface area contributed by atoms with Gasteiger partial charge in [0.15, 0.2) is 0 Å². The predicted molar refractivity (Wildman–Crippen MR) is 108 cm³/mol. The minimum absolute atomic E-state index is 0.0179. The number of rotatable bonds is 9. The van der Waals surface area contributed by atoms with Crippen LogP contribution in [-0.4, -0.2) is 49.1 Å². The smallest absolute Gasteiger partial charge is 0.340 e. The second kappa shape index (κ2) is 11.6. The number of amides is 2. The summed E-state index contributed by atoms with van der Waals surface area (Å²) < 4.78 is 9.64. The van der Waals surface area contributed by atoms with Crippen LogP contribution < -0.4 is 10.6 Å². The monoisotopic (exact) mass is 446 g/mol. The van der Waals surface area contributed by atoms with E-state index in [0.717, 1.165) is 0 Å². The van der Waals surface area contributed by atoms with Gasteiger partial charge in [-0.1, -0.05) is 37.0 Å². The lowest BCUT2D eigenvalue weighted by atomic mass is 10.0. The fraction of sp³-hybridized carbons (Fsp3) is 0.474. The molecule has 0 aromatic heterocycles. The van der Waals surface area contributed by atoms with Crippen molar-refractivity contribution < 1.29 is 28.7 Å².